The number of aliphatic hydroxyl groups is 1. The minimum Gasteiger partial charge on any atom is -0.462 e. The zero-order chi connectivity index (χ0) is 26.8. The summed E-state index contributed by atoms with van der Waals surface area (Å²) in [6, 6.07) is 0. The summed E-state index contributed by atoms with van der Waals surface area (Å²) >= 11 is 0. The lowest BCUT2D eigenvalue weighted by Gasteiger charge is -2.48. The Morgan fingerprint density at radius 2 is 1.66 bits per heavy atom. The molecule has 0 bridgehead atoms. The van der Waals surface area contributed by atoms with Gasteiger partial charge in [-0.1, -0.05) is 34.3 Å². The molecule has 196 valence electrons. The van der Waals surface area contributed by atoms with E-state index in [1.54, 1.807) is 34.6 Å². The highest BCUT2D eigenvalue weighted by atomic mass is 16.6. The van der Waals surface area contributed by atoms with Crippen molar-refractivity contribution in [1.82, 2.24) is 0 Å². The Labute approximate surface area is 208 Å². The van der Waals surface area contributed by atoms with Crippen LogP contribution in [0.15, 0.2) is 23.8 Å². The van der Waals surface area contributed by atoms with Gasteiger partial charge in [-0.2, -0.15) is 0 Å². The molecule has 0 heterocycles. The van der Waals surface area contributed by atoms with Crippen LogP contribution in [0.4, 0.5) is 0 Å². The second-order valence-corrected chi connectivity index (χ2v) is 10.6. The van der Waals surface area contributed by atoms with Crippen LogP contribution in [0.3, 0.4) is 0 Å². The zero-order valence-corrected chi connectivity index (χ0v) is 22.1. The first-order chi connectivity index (χ1) is 16.2. The van der Waals surface area contributed by atoms with Gasteiger partial charge < -0.3 is 19.3 Å². The van der Waals surface area contributed by atoms with Crippen LogP contribution in [0.25, 0.3) is 0 Å². The van der Waals surface area contributed by atoms with E-state index in [0.29, 0.717) is 11.1 Å². The van der Waals surface area contributed by atoms with Gasteiger partial charge in [-0.25, -0.2) is 4.79 Å². The number of hydrogen-bond acceptors (Lipinski definition) is 8. The molecule has 1 unspecified atom stereocenters. The summed E-state index contributed by atoms with van der Waals surface area (Å²) in [7, 11) is 0. The zero-order valence-electron chi connectivity index (χ0n) is 22.1. The van der Waals surface area contributed by atoms with Crippen molar-refractivity contribution in [1.29, 1.82) is 0 Å². The number of hydrogen-bond donors (Lipinski definition) is 1. The summed E-state index contributed by atoms with van der Waals surface area (Å²) in [5.74, 6) is -3.65. The van der Waals surface area contributed by atoms with Crippen molar-refractivity contribution >= 4 is 23.7 Å². The van der Waals surface area contributed by atoms with Crippen LogP contribution >= 0.6 is 0 Å². The van der Waals surface area contributed by atoms with E-state index in [2.05, 4.69) is 6.58 Å². The minimum absolute atomic E-state index is 0.0468. The van der Waals surface area contributed by atoms with Gasteiger partial charge in [0, 0.05) is 25.3 Å². The second-order valence-electron chi connectivity index (χ2n) is 10.6. The summed E-state index contributed by atoms with van der Waals surface area (Å²) in [4.78, 5) is 50.3. The first kappa shape index (κ1) is 28.8. The topological polar surface area (TPSA) is 116 Å². The van der Waals surface area contributed by atoms with Crippen molar-refractivity contribution < 1.29 is 38.5 Å². The Bertz CT molecular complexity index is 884. The molecule has 0 spiro atoms. The number of esters is 3. The van der Waals surface area contributed by atoms with E-state index in [9.17, 15) is 24.3 Å². The first-order valence-electron chi connectivity index (χ1n) is 12.3. The molecule has 2 aliphatic carbocycles. The Hall–Kier alpha value is -2.48. The van der Waals surface area contributed by atoms with Gasteiger partial charge in [0.25, 0.3) is 0 Å². The van der Waals surface area contributed by atoms with Crippen molar-refractivity contribution in [3.05, 3.63) is 23.8 Å². The van der Waals surface area contributed by atoms with Crippen molar-refractivity contribution in [2.24, 2.45) is 35.5 Å². The smallest absolute Gasteiger partial charge is 0.331 e. The van der Waals surface area contributed by atoms with E-state index in [4.69, 9.17) is 14.2 Å². The third-order valence-electron chi connectivity index (χ3n) is 7.23. The molecule has 8 nitrogen and oxygen atoms in total. The molecule has 8 heteroatoms. The average molecular weight is 493 g/mol. The fraction of sp³-hybridized carbons (Fsp3) is 0.704. The molecule has 35 heavy (non-hydrogen) atoms. The van der Waals surface area contributed by atoms with E-state index >= 15 is 0 Å². The van der Waals surface area contributed by atoms with Gasteiger partial charge in [0.2, 0.25) is 0 Å². The molecule has 2 rings (SSSR count). The highest BCUT2D eigenvalue weighted by Gasteiger charge is 2.59. The molecule has 0 aromatic heterocycles. The molecular formula is C27H40O8. The number of carbonyl (C=O) groups is 4. The largest absolute Gasteiger partial charge is 0.462 e. The van der Waals surface area contributed by atoms with Gasteiger partial charge in [0.1, 0.15) is 18.0 Å². The van der Waals surface area contributed by atoms with Gasteiger partial charge in [0.05, 0.1) is 17.9 Å². The van der Waals surface area contributed by atoms with E-state index in [-0.39, 0.29) is 35.9 Å². The molecule has 0 amide bonds. The third kappa shape index (κ3) is 6.40. The van der Waals surface area contributed by atoms with Gasteiger partial charge >= 0.3 is 17.9 Å². The lowest BCUT2D eigenvalue weighted by atomic mass is 9.62. The number of aliphatic hydroxyl groups excluding tert-OH is 1. The number of Topliss-reactive ketones (excluding diaryl/α,β-unsaturated/α-hetero) is 1. The van der Waals surface area contributed by atoms with E-state index in [1.165, 1.54) is 13.0 Å². The van der Waals surface area contributed by atoms with Crippen LogP contribution in [-0.2, 0) is 33.4 Å². The average Bonchev–Trinajstić information content (AvgIpc) is 3.06. The molecule has 1 N–H and O–H groups in total. The highest BCUT2D eigenvalue weighted by molar-refractivity contribution is 5.86. The Balaban J connectivity index is 2.55. The molecule has 0 aromatic carbocycles. The Kier molecular flexibility index (Phi) is 9.45. The molecule has 2 fully saturated rings. The normalized spacial score (nSPS) is 30.7. The standard InChI is InChI=1S/C27H40O8/c1-12(2)22-24-19(11-20(30)23(24)17(8)33-18(9)29)15(6)25(26(22)35-27(32)13(3)4)34-21(31)10-14(5)16(7)28/h10,12-13,16-17,19,22-26,28H,6,11H2,1-5,7-9H3/b14-10+/t16?,17-,19+,22+,23+,24-,25+,26-/m1/s1. The van der Waals surface area contributed by atoms with Gasteiger partial charge in [-0.3, -0.25) is 14.4 Å². The Morgan fingerprint density at radius 3 is 2.14 bits per heavy atom. The maximum absolute atomic E-state index is 13.2. The molecule has 0 aromatic rings. The predicted octanol–water partition coefficient (Wildman–Crippen LogP) is 3.41. The maximum Gasteiger partial charge on any atom is 0.331 e. The summed E-state index contributed by atoms with van der Waals surface area (Å²) in [6.07, 6.45) is -1.89. The lowest BCUT2D eigenvalue weighted by Crippen LogP contribution is -2.54. The predicted molar refractivity (Wildman–Crippen MR) is 129 cm³/mol. The minimum atomic E-state index is -0.951. The van der Waals surface area contributed by atoms with Crippen molar-refractivity contribution in [2.45, 2.75) is 86.2 Å². The number of ether oxygens (including phenoxy) is 3. The van der Waals surface area contributed by atoms with Crippen LogP contribution in [0.5, 0.6) is 0 Å². The Morgan fingerprint density at radius 1 is 1.06 bits per heavy atom. The second kappa shape index (κ2) is 11.5. The van der Waals surface area contributed by atoms with Gasteiger partial charge in [-0.15, -0.1) is 0 Å². The summed E-state index contributed by atoms with van der Waals surface area (Å²) in [5, 5.41) is 9.73. The van der Waals surface area contributed by atoms with Crippen LogP contribution in [0.2, 0.25) is 0 Å². The summed E-state index contributed by atoms with van der Waals surface area (Å²) in [5.41, 5.74) is 0.938. The maximum atomic E-state index is 13.2. The highest BCUT2D eigenvalue weighted by Crippen LogP contribution is 2.54. The van der Waals surface area contributed by atoms with Crippen molar-refractivity contribution in [2.75, 3.05) is 0 Å². The number of ketones is 1. The molecule has 0 saturated heterocycles. The molecule has 0 radical (unpaired) electrons. The van der Waals surface area contributed by atoms with Gasteiger partial charge in [0.15, 0.2) is 6.10 Å². The van der Waals surface area contributed by atoms with E-state index in [1.807, 2.05) is 13.8 Å². The number of carbonyl (C=O) groups excluding carboxylic acids is 4. The van der Waals surface area contributed by atoms with Crippen LogP contribution in [0, 0.1) is 35.5 Å². The SMILES string of the molecule is C=C1[C@@H]2CC(=O)[C@H]([C@@H](C)OC(C)=O)[C@H]2[C@H](C(C)C)[C@@H](OC(=O)C(C)C)[C@H]1OC(=O)/C=C(\C)C(C)O. The quantitative estimate of drug-likeness (QED) is 0.237. The molecular weight excluding hydrogens is 452 g/mol. The first-order valence-corrected chi connectivity index (χ1v) is 12.3. The van der Waals surface area contributed by atoms with Crippen LogP contribution in [0.1, 0.15) is 61.8 Å². The van der Waals surface area contributed by atoms with Gasteiger partial charge in [-0.05, 0) is 49.7 Å². The fourth-order valence-corrected chi connectivity index (χ4v) is 5.44. The lowest BCUT2D eigenvalue weighted by molar-refractivity contribution is -0.182. The fourth-order valence-electron chi connectivity index (χ4n) is 5.44. The summed E-state index contributed by atoms with van der Waals surface area (Å²) in [6.45, 7) is 17.7. The van der Waals surface area contributed by atoms with Crippen LogP contribution < -0.4 is 0 Å². The molecule has 0 aliphatic heterocycles. The summed E-state index contributed by atoms with van der Waals surface area (Å²) < 4.78 is 17.2. The van der Waals surface area contributed by atoms with Crippen LogP contribution in [-0.4, -0.2) is 53.2 Å². The number of rotatable bonds is 8. The molecule has 2 saturated carbocycles. The monoisotopic (exact) mass is 492 g/mol. The third-order valence-corrected chi connectivity index (χ3v) is 7.23. The number of fused-ring (bicyclic) bond motifs is 1. The molecule has 2 aliphatic rings. The van der Waals surface area contributed by atoms with E-state index in [0.717, 1.165) is 0 Å². The van der Waals surface area contributed by atoms with E-state index < -0.39 is 54.2 Å². The molecule has 8 atom stereocenters. The van der Waals surface area contributed by atoms with Crippen molar-refractivity contribution in [3.63, 3.8) is 0 Å². The van der Waals surface area contributed by atoms with Crippen molar-refractivity contribution in [3.8, 4) is 0 Å².